The summed E-state index contributed by atoms with van der Waals surface area (Å²) >= 11 is 3.03. The van der Waals surface area contributed by atoms with Gasteiger partial charge in [0.05, 0.1) is 0 Å². The summed E-state index contributed by atoms with van der Waals surface area (Å²) in [5.41, 5.74) is -0.720. The lowest BCUT2D eigenvalue weighted by atomic mass is 9.77. The number of rotatable bonds is 0. The Morgan fingerprint density at radius 1 is 1.55 bits per heavy atom. The van der Waals surface area contributed by atoms with Crippen LogP contribution in [0, 0.1) is 16.7 Å². The highest BCUT2D eigenvalue weighted by molar-refractivity contribution is 9.12. The predicted octanol–water partition coefficient (Wildman–Crippen LogP) is 2.28. The first kappa shape index (κ1) is 9.09. The first-order valence-electron chi connectivity index (χ1n) is 4.04. The van der Waals surface area contributed by atoms with E-state index in [1.807, 2.05) is 0 Å². The highest BCUT2D eigenvalue weighted by Crippen LogP contribution is 2.32. The summed E-state index contributed by atoms with van der Waals surface area (Å²) in [4.78, 5) is 2.62. The fourth-order valence-corrected chi connectivity index (χ4v) is 1.94. The van der Waals surface area contributed by atoms with Gasteiger partial charge in [-0.25, -0.2) is 0 Å². The molecule has 0 amide bonds. The van der Waals surface area contributed by atoms with E-state index in [2.05, 4.69) is 33.6 Å². The van der Waals surface area contributed by atoms with Gasteiger partial charge in [0, 0.05) is 15.9 Å². The van der Waals surface area contributed by atoms with Gasteiger partial charge < -0.3 is 5.11 Å². The van der Waals surface area contributed by atoms with Crippen molar-refractivity contribution in [1.82, 2.24) is 0 Å². The smallest absolute Gasteiger partial charge is 0.128 e. The molecule has 2 heteroatoms. The Labute approximate surface area is 76.3 Å². The van der Waals surface area contributed by atoms with Crippen molar-refractivity contribution < 1.29 is 5.11 Å². The zero-order chi connectivity index (χ0) is 8.32. The molecule has 0 aromatic heterocycles. The van der Waals surface area contributed by atoms with Crippen molar-refractivity contribution in [3.05, 3.63) is 0 Å². The molecule has 0 spiro atoms. The molecule has 0 bridgehead atoms. The van der Waals surface area contributed by atoms with E-state index < -0.39 is 5.60 Å². The molecule has 1 aliphatic rings. The third-order valence-corrected chi connectivity index (χ3v) is 2.72. The second-order valence-electron chi connectivity index (χ2n) is 3.29. The lowest BCUT2D eigenvalue weighted by Crippen LogP contribution is -2.37. The van der Waals surface area contributed by atoms with Gasteiger partial charge >= 0.3 is 0 Å². The van der Waals surface area contributed by atoms with Gasteiger partial charge in [-0.15, -0.1) is 0 Å². The number of aliphatic hydroxyl groups is 1. The zero-order valence-electron chi connectivity index (χ0n) is 6.73. The van der Waals surface area contributed by atoms with Crippen molar-refractivity contribution in [3.8, 4) is 10.8 Å². The van der Waals surface area contributed by atoms with Gasteiger partial charge in [-0.2, -0.15) is 0 Å². The van der Waals surface area contributed by atoms with E-state index >= 15 is 0 Å². The van der Waals surface area contributed by atoms with E-state index in [0.717, 1.165) is 19.3 Å². The topological polar surface area (TPSA) is 20.2 Å². The second-order valence-corrected chi connectivity index (χ2v) is 3.69. The lowest BCUT2D eigenvalue weighted by molar-refractivity contribution is 0.0127. The largest absolute Gasteiger partial charge is 0.377 e. The van der Waals surface area contributed by atoms with Crippen LogP contribution < -0.4 is 0 Å². The highest BCUT2D eigenvalue weighted by atomic mass is 79.9. The lowest BCUT2D eigenvalue weighted by Gasteiger charge is -2.33. The van der Waals surface area contributed by atoms with Crippen molar-refractivity contribution in [3.63, 3.8) is 0 Å². The molecule has 0 unspecified atom stereocenters. The van der Waals surface area contributed by atoms with Crippen LogP contribution in [0.3, 0.4) is 0 Å². The van der Waals surface area contributed by atoms with Crippen LogP contribution in [0.5, 0.6) is 0 Å². The fraction of sp³-hybridized carbons (Fsp3) is 0.778. The Kier molecular flexibility index (Phi) is 2.98. The van der Waals surface area contributed by atoms with E-state index in [4.69, 9.17) is 0 Å². The van der Waals surface area contributed by atoms with Gasteiger partial charge in [0.15, 0.2) is 0 Å². The molecular formula is C9H13BrO. The van der Waals surface area contributed by atoms with Crippen LogP contribution in [0.2, 0.25) is 0 Å². The van der Waals surface area contributed by atoms with Crippen molar-refractivity contribution in [2.45, 2.75) is 38.2 Å². The molecule has 0 radical (unpaired) electrons. The minimum Gasteiger partial charge on any atom is -0.377 e. The standard InChI is InChI=1S/C9H13BrO/c1-8-4-2-3-5-9(8,11)6-7-10/h8,11H,2-5H2,1H3/t8-,9+/m0/s1. The summed E-state index contributed by atoms with van der Waals surface area (Å²) in [7, 11) is 0. The molecule has 2 atom stereocenters. The summed E-state index contributed by atoms with van der Waals surface area (Å²) in [6.07, 6.45) is 4.25. The molecule has 0 heterocycles. The van der Waals surface area contributed by atoms with E-state index in [-0.39, 0.29) is 0 Å². The summed E-state index contributed by atoms with van der Waals surface area (Å²) in [6.45, 7) is 2.07. The number of hydrogen-bond acceptors (Lipinski definition) is 1. The van der Waals surface area contributed by atoms with Crippen molar-refractivity contribution in [1.29, 1.82) is 0 Å². The Hall–Kier alpha value is 0. The van der Waals surface area contributed by atoms with Crippen molar-refractivity contribution in [2.75, 3.05) is 0 Å². The molecule has 1 N–H and O–H groups in total. The van der Waals surface area contributed by atoms with Crippen LogP contribution in [0.15, 0.2) is 0 Å². The molecule has 1 rings (SSSR count). The maximum absolute atomic E-state index is 9.94. The van der Waals surface area contributed by atoms with E-state index in [1.165, 1.54) is 6.42 Å². The van der Waals surface area contributed by atoms with Crippen LogP contribution in [-0.4, -0.2) is 10.7 Å². The molecule has 11 heavy (non-hydrogen) atoms. The maximum Gasteiger partial charge on any atom is 0.128 e. The molecule has 1 fully saturated rings. The van der Waals surface area contributed by atoms with E-state index in [9.17, 15) is 5.11 Å². The molecule has 0 aliphatic heterocycles. The molecule has 1 saturated carbocycles. The summed E-state index contributed by atoms with van der Waals surface area (Å²) < 4.78 is 0. The average Bonchev–Trinajstić information content (AvgIpc) is 1.96. The van der Waals surface area contributed by atoms with E-state index in [0.29, 0.717) is 5.92 Å². The minimum absolute atomic E-state index is 0.321. The summed E-state index contributed by atoms with van der Waals surface area (Å²) in [5, 5.41) is 9.94. The maximum atomic E-state index is 9.94. The first-order chi connectivity index (χ1) is 5.19. The Balaban J connectivity index is 2.69. The molecule has 1 nitrogen and oxygen atoms in total. The van der Waals surface area contributed by atoms with E-state index in [1.54, 1.807) is 0 Å². The molecule has 0 saturated heterocycles. The Bertz CT molecular complexity index is 191. The number of halogens is 1. The Morgan fingerprint density at radius 2 is 2.27 bits per heavy atom. The monoisotopic (exact) mass is 216 g/mol. The normalized spacial score (nSPS) is 37.5. The van der Waals surface area contributed by atoms with Crippen LogP contribution in [0.1, 0.15) is 32.6 Å². The predicted molar refractivity (Wildman–Crippen MR) is 49.3 cm³/mol. The Morgan fingerprint density at radius 3 is 2.82 bits per heavy atom. The quantitative estimate of drug-likeness (QED) is 0.617. The third-order valence-electron chi connectivity index (χ3n) is 2.52. The number of hydrogen-bond donors (Lipinski definition) is 1. The van der Waals surface area contributed by atoms with Gasteiger partial charge in [0.2, 0.25) is 0 Å². The second kappa shape index (κ2) is 3.60. The average molecular weight is 217 g/mol. The molecular weight excluding hydrogens is 204 g/mol. The van der Waals surface area contributed by atoms with Gasteiger partial charge in [-0.3, -0.25) is 0 Å². The zero-order valence-corrected chi connectivity index (χ0v) is 8.32. The molecule has 62 valence electrons. The van der Waals surface area contributed by atoms with Crippen molar-refractivity contribution in [2.24, 2.45) is 5.92 Å². The van der Waals surface area contributed by atoms with Gasteiger partial charge in [0.25, 0.3) is 0 Å². The van der Waals surface area contributed by atoms with Crippen LogP contribution >= 0.6 is 15.9 Å². The van der Waals surface area contributed by atoms with Crippen LogP contribution in [-0.2, 0) is 0 Å². The molecule has 1 aliphatic carbocycles. The van der Waals surface area contributed by atoms with Gasteiger partial charge in [-0.1, -0.05) is 19.3 Å². The third kappa shape index (κ3) is 1.98. The minimum atomic E-state index is -0.720. The van der Waals surface area contributed by atoms with Crippen LogP contribution in [0.4, 0.5) is 0 Å². The summed E-state index contributed by atoms with van der Waals surface area (Å²) in [6, 6.07) is 0. The molecule has 0 aromatic rings. The van der Waals surface area contributed by atoms with Crippen molar-refractivity contribution >= 4 is 15.9 Å². The first-order valence-corrected chi connectivity index (χ1v) is 4.83. The molecule has 0 aromatic carbocycles. The van der Waals surface area contributed by atoms with Gasteiger partial charge in [0.1, 0.15) is 5.60 Å². The van der Waals surface area contributed by atoms with Crippen LogP contribution in [0.25, 0.3) is 0 Å². The fourth-order valence-electron chi connectivity index (χ4n) is 1.60. The summed E-state index contributed by atoms with van der Waals surface area (Å²) in [5.74, 6) is 3.15. The van der Waals surface area contributed by atoms with Gasteiger partial charge in [-0.05, 0) is 30.0 Å². The highest BCUT2D eigenvalue weighted by Gasteiger charge is 2.33. The SMILES string of the molecule is C[C@H]1CCCC[C@@]1(O)C#CBr.